The fourth-order valence-electron chi connectivity index (χ4n) is 3.14. The second-order valence-corrected chi connectivity index (χ2v) is 8.46. The van der Waals surface area contributed by atoms with E-state index in [0.29, 0.717) is 26.8 Å². The number of carboxylic acid groups (broad SMARTS) is 1. The SMILES string of the molecule is C[C@H](Sc1cc(/C=C/c2ccc(Cl)cc2)c(C#N)c2nc3ccccc3n12)C(=O)O. The van der Waals surface area contributed by atoms with Crippen LogP contribution in [0, 0.1) is 11.3 Å². The molecule has 4 aromatic rings. The number of rotatable bonds is 5. The molecule has 1 N–H and O–H groups in total. The average molecular weight is 434 g/mol. The number of thioether (sulfide) groups is 1. The summed E-state index contributed by atoms with van der Waals surface area (Å²) in [4.78, 5) is 16.1. The fourth-order valence-corrected chi connectivity index (χ4v) is 4.21. The highest BCUT2D eigenvalue weighted by molar-refractivity contribution is 8.00. The van der Waals surface area contributed by atoms with E-state index in [9.17, 15) is 15.2 Å². The Bertz CT molecular complexity index is 1340. The van der Waals surface area contributed by atoms with E-state index in [1.54, 1.807) is 19.1 Å². The zero-order chi connectivity index (χ0) is 21.3. The lowest BCUT2D eigenvalue weighted by atomic mass is 10.1. The van der Waals surface area contributed by atoms with Crippen molar-refractivity contribution in [2.45, 2.75) is 17.2 Å². The fraction of sp³-hybridized carbons (Fsp3) is 0.0870. The van der Waals surface area contributed by atoms with Crippen LogP contribution >= 0.6 is 23.4 Å². The van der Waals surface area contributed by atoms with Crippen LogP contribution in [0.15, 0.2) is 59.6 Å². The molecule has 0 amide bonds. The molecule has 0 spiro atoms. The van der Waals surface area contributed by atoms with Crippen molar-refractivity contribution < 1.29 is 9.90 Å². The van der Waals surface area contributed by atoms with Gasteiger partial charge in [0.2, 0.25) is 0 Å². The minimum absolute atomic E-state index is 0.434. The summed E-state index contributed by atoms with van der Waals surface area (Å²) in [5.41, 5.74) is 4.14. The third-order valence-corrected chi connectivity index (χ3v) is 6.00. The van der Waals surface area contributed by atoms with Gasteiger partial charge in [-0.15, -0.1) is 0 Å². The average Bonchev–Trinajstić information content (AvgIpc) is 3.13. The number of para-hydroxylation sites is 2. The monoisotopic (exact) mass is 433 g/mol. The maximum absolute atomic E-state index is 11.5. The molecule has 0 radical (unpaired) electrons. The lowest BCUT2D eigenvalue weighted by molar-refractivity contribution is -0.136. The van der Waals surface area contributed by atoms with E-state index in [1.165, 1.54) is 11.8 Å². The van der Waals surface area contributed by atoms with Crippen LogP contribution in [0.25, 0.3) is 28.8 Å². The Morgan fingerprint density at radius 1 is 1.23 bits per heavy atom. The molecule has 0 aliphatic carbocycles. The number of fused-ring (bicyclic) bond motifs is 3. The van der Waals surface area contributed by atoms with Gasteiger partial charge in [0.25, 0.3) is 0 Å². The maximum atomic E-state index is 11.5. The van der Waals surface area contributed by atoms with Gasteiger partial charge < -0.3 is 5.11 Å². The number of aromatic nitrogens is 2. The van der Waals surface area contributed by atoms with Gasteiger partial charge in [0.05, 0.1) is 16.1 Å². The van der Waals surface area contributed by atoms with Crippen LogP contribution in [0.2, 0.25) is 5.02 Å². The molecule has 30 heavy (non-hydrogen) atoms. The predicted molar refractivity (Wildman–Crippen MR) is 121 cm³/mol. The van der Waals surface area contributed by atoms with Gasteiger partial charge in [-0.1, -0.05) is 59.8 Å². The Morgan fingerprint density at radius 3 is 2.67 bits per heavy atom. The molecule has 4 rings (SSSR count). The smallest absolute Gasteiger partial charge is 0.316 e. The van der Waals surface area contributed by atoms with Crippen molar-refractivity contribution in [1.82, 2.24) is 9.38 Å². The lowest BCUT2D eigenvalue weighted by Crippen LogP contribution is -2.12. The van der Waals surface area contributed by atoms with Crippen LogP contribution in [0.3, 0.4) is 0 Å². The van der Waals surface area contributed by atoms with E-state index in [2.05, 4.69) is 11.1 Å². The molecule has 0 aliphatic heterocycles. The zero-order valence-electron chi connectivity index (χ0n) is 15.9. The number of imidazole rings is 1. The molecule has 7 heteroatoms. The number of hydrogen-bond donors (Lipinski definition) is 1. The standard InChI is InChI=1S/C23H16ClN3O2S/c1-14(23(28)29)30-21-12-16(9-6-15-7-10-17(24)11-8-15)18(13-25)22-26-19-4-2-3-5-20(19)27(21)22/h2-12,14H,1H3,(H,28,29)/b9-6+/t14-/m0/s1. The molecule has 148 valence electrons. The minimum Gasteiger partial charge on any atom is -0.480 e. The molecular weight excluding hydrogens is 418 g/mol. The highest BCUT2D eigenvalue weighted by atomic mass is 35.5. The number of carbonyl (C=O) groups is 1. The third-order valence-electron chi connectivity index (χ3n) is 4.65. The Balaban J connectivity index is 1.93. The largest absolute Gasteiger partial charge is 0.480 e. The van der Waals surface area contributed by atoms with E-state index >= 15 is 0 Å². The highest BCUT2D eigenvalue weighted by Gasteiger charge is 2.20. The summed E-state index contributed by atoms with van der Waals surface area (Å²) in [7, 11) is 0. The number of nitriles is 1. The van der Waals surface area contributed by atoms with E-state index in [0.717, 1.165) is 16.6 Å². The molecule has 0 aliphatic rings. The van der Waals surface area contributed by atoms with Crippen LogP contribution in [-0.4, -0.2) is 25.7 Å². The van der Waals surface area contributed by atoms with Gasteiger partial charge >= 0.3 is 5.97 Å². The second kappa shape index (κ2) is 8.23. The van der Waals surface area contributed by atoms with Gasteiger partial charge in [-0.3, -0.25) is 9.20 Å². The number of carboxylic acids is 1. The van der Waals surface area contributed by atoms with E-state index in [-0.39, 0.29) is 0 Å². The summed E-state index contributed by atoms with van der Waals surface area (Å²) >= 11 is 7.17. The van der Waals surface area contributed by atoms with Crippen molar-refractivity contribution in [2.24, 2.45) is 0 Å². The molecule has 5 nitrogen and oxygen atoms in total. The predicted octanol–water partition coefficient (Wildman–Crippen LogP) is 5.75. The summed E-state index contributed by atoms with van der Waals surface area (Å²) in [5.74, 6) is -0.903. The normalized spacial score (nSPS) is 12.4. The molecule has 2 aromatic heterocycles. The minimum atomic E-state index is -0.903. The Hall–Kier alpha value is -3.27. The first kappa shape index (κ1) is 20.0. The number of aliphatic carboxylic acids is 1. The van der Waals surface area contributed by atoms with Crippen molar-refractivity contribution in [3.63, 3.8) is 0 Å². The zero-order valence-corrected chi connectivity index (χ0v) is 17.5. The van der Waals surface area contributed by atoms with Crippen molar-refractivity contribution in [2.75, 3.05) is 0 Å². The Kier molecular flexibility index (Phi) is 5.49. The van der Waals surface area contributed by atoms with Crippen LogP contribution in [0.5, 0.6) is 0 Å². The van der Waals surface area contributed by atoms with Gasteiger partial charge in [-0.05, 0) is 48.4 Å². The molecule has 0 bridgehead atoms. The molecule has 0 saturated carbocycles. The molecule has 0 saturated heterocycles. The van der Waals surface area contributed by atoms with Gasteiger partial charge in [-0.2, -0.15) is 5.26 Å². The summed E-state index contributed by atoms with van der Waals surface area (Å²) < 4.78 is 1.86. The molecule has 0 unspecified atom stereocenters. The Labute approximate surface area is 182 Å². The number of pyridine rings is 1. The van der Waals surface area contributed by atoms with Crippen molar-refractivity contribution in [3.05, 3.63) is 76.3 Å². The molecular formula is C23H16ClN3O2S. The number of halogens is 1. The van der Waals surface area contributed by atoms with Crippen molar-refractivity contribution in [3.8, 4) is 6.07 Å². The highest BCUT2D eigenvalue weighted by Crippen LogP contribution is 2.32. The molecule has 0 fully saturated rings. The number of benzene rings is 2. The Morgan fingerprint density at radius 2 is 1.97 bits per heavy atom. The van der Waals surface area contributed by atoms with Gasteiger partial charge in [0.15, 0.2) is 5.65 Å². The van der Waals surface area contributed by atoms with Gasteiger partial charge in [0.1, 0.15) is 16.9 Å². The van der Waals surface area contributed by atoms with Crippen molar-refractivity contribution in [1.29, 1.82) is 5.26 Å². The van der Waals surface area contributed by atoms with Crippen LogP contribution in [-0.2, 0) is 4.79 Å². The van der Waals surface area contributed by atoms with Crippen molar-refractivity contribution >= 4 is 58.2 Å². The topological polar surface area (TPSA) is 78.4 Å². The first-order valence-corrected chi connectivity index (χ1v) is 10.4. The van der Waals surface area contributed by atoms with E-state index < -0.39 is 11.2 Å². The first-order chi connectivity index (χ1) is 14.5. The summed E-state index contributed by atoms with van der Waals surface area (Å²) in [6.45, 7) is 1.64. The first-order valence-electron chi connectivity index (χ1n) is 9.15. The van der Waals surface area contributed by atoms with Gasteiger partial charge in [0, 0.05) is 5.02 Å². The number of nitrogens with zero attached hydrogens (tertiary/aromatic N) is 3. The van der Waals surface area contributed by atoms with Gasteiger partial charge in [-0.25, -0.2) is 4.98 Å². The molecule has 1 atom stereocenters. The van der Waals surface area contributed by atoms with E-state index in [4.69, 9.17) is 11.6 Å². The lowest BCUT2D eigenvalue weighted by Gasteiger charge is -2.12. The summed E-state index contributed by atoms with van der Waals surface area (Å²) in [6.07, 6.45) is 3.73. The summed E-state index contributed by atoms with van der Waals surface area (Å²) in [6, 6.07) is 19.0. The summed E-state index contributed by atoms with van der Waals surface area (Å²) in [5, 5.41) is 20.0. The maximum Gasteiger partial charge on any atom is 0.316 e. The number of hydrogen-bond acceptors (Lipinski definition) is 4. The quantitative estimate of drug-likeness (QED) is 0.405. The van der Waals surface area contributed by atoms with E-state index in [1.807, 2.05) is 59.0 Å². The molecule has 2 heterocycles. The second-order valence-electron chi connectivity index (χ2n) is 6.67. The third kappa shape index (κ3) is 3.78. The van der Waals surface area contributed by atoms with Crippen LogP contribution in [0.4, 0.5) is 0 Å². The van der Waals surface area contributed by atoms with Crippen LogP contribution < -0.4 is 0 Å². The molecule has 2 aromatic carbocycles. The van der Waals surface area contributed by atoms with Crippen LogP contribution in [0.1, 0.15) is 23.6 Å².